The lowest BCUT2D eigenvalue weighted by atomic mass is 9.77. The van der Waals surface area contributed by atoms with Gasteiger partial charge in [0.05, 0.1) is 18.3 Å². The molecule has 1 aliphatic carbocycles. The molecular weight excluding hydrogens is 353 g/mol. The summed E-state index contributed by atoms with van der Waals surface area (Å²) < 4.78 is 17.3. The van der Waals surface area contributed by atoms with Crippen LogP contribution < -0.4 is 10.8 Å². The Morgan fingerprint density at radius 2 is 1.89 bits per heavy atom. The maximum absolute atomic E-state index is 11.4. The van der Waals surface area contributed by atoms with E-state index < -0.39 is 0 Å². The van der Waals surface area contributed by atoms with Crippen molar-refractivity contribution < 1.29 is 18.8 Å². The molecule has 0 saturated carbocycles. The van der Waals surface area contributed by atoms with Crippen LogP contribution in [-0.2, 0) is 14.0 Å². The Bertz CT molecular complexity index is 743. The number of ether oxygens (including phenoxy) is 1. The Morgan fingerprint density at radius 1 is 1.21 bits per heavy atom. The first-order valence-electron chi connectivity index (χ1n) is 10.2. The monoisotopic (exact) mass is 385 g/mol. The predicted octanol–water partition coefficient (Wildman–Crippen LogP) is 3.91. The van der Waals surface area contributed by atoms with Crippen molar-refractivity contribution in [3.8, 4) is 0 Å². The number of allylic oxidation sites excluding steroid dienone is 1. The topological polar surface area (TPSA) is 56.8 Å². The summed E-state index contributed by atoms with van der Waals surface area (Å²) in [4.78, 5) is 11.4. The summed E-state index contributed by atoms with van der Waals surface area (Å²) in [7, 11) is 1.05. The highest BCUT2D eigenvalue weighted by atomic mass is 16.7. The zero-order valence-electron chi connectivity index (χ0n) is 17.9. The summed E-state index contributed by atoms with van der Waals surface area (Å²) in [6, 6.07) is 8.62. The number of amides is 1. The van der Waals surface area contributed by atoms with Crippen LogP contribution in [0.25, 0.3) is 5.57 Å². The molecule has 0 aromatic heterocycles. The van der Waals surface area contributed by atoms with E-state index in [0.717, 1.165) is 24.7 Å². The van der Waals surface area contributed by atoms with Gasteiger partial charge in [0.25, 0.3) is 0 Å². The van der Waals surface area contributed by atoms with Gasteiger partial charge in [0, 0.05) is 6.04 Å². The quantitative estimate of drug-likeness (QED) is 0.799. The van der Waals surface area contributed by atoms with Crippen molar-refractivity contribution in [2.75, 3.05) is 7.11 Å². The minimum absolute atomic E-state index is 0.145. The average molecular weight is 385 g/mol. The third kappa shape index (κ3) is 3.99. The molecule has 152 valence electrons. The highest BCUT2D eigenvalue weighted by molar-refractivity contribution is 6.62. The Balaban J connectivity index is 1.67. The summed E-state index contributed by atoms with van der Waals surface area (Å²) in [5.41, 5.74) is 2.89. The van der Waals surface area contributed by atoms with Crippen molar-refractivity contribution in [1.29, 1.82) is 0 Å². The fourth-order valence-electron chi connectivity index (χ4n) is 4.05. The second-order valence-corrected chi connectivity index (χ2v) is 8.80. The van der Waals surface area contributed by atoms with E-state index in [1.165, 1.54) is 18.2 Å². The molecule has 1 heterocycles. The minimum Gasteiger partial charge on any atom is -0.453 e. The van der Waals surface area contributed by atoms with Crippen molar-refractivity contribution in [2.45, 2.75) is 71.1 Å². The van der Waals surface area contributed by atoms with Crippen LogP contribution in [0.5, 0.6) is 0 Å². The van der Waals surface area contributed by atoms with Crippen LogP contribution >= 0.6 is 0 Å². The van der Waals surface area contributed by atoms with E-state index in [9.17, 15) is 4.79 Å². The lowest BCUT2D eigenvalue weighted by Crippen LogP contribution is -2.48. The first-order chi connectivity index (χ1) is 13.2. The summed E-state index contributed by atoms with van der Waals surface area (Å²) in [6.45, 7) is 10.7. The van der Waals surface area contributed by atoms with Crippen molar-refractivity contribution in [1.82, 2.24) is 5.32 Å². The van der Waals surface area contributed by atoms with Crippen LogP contribution in [0.3, 0.4) is 0 Å². The molecular formula is C22H32BNO4. The molecule has 0 bridgehead atoms. The number of nitrogens with one attached hydrogen (secondary N) is 1. The zero-order chi connectivity index (χ0) is 20.5. The second-order valence-electron chi connectivity index (χ2n) is 8.80. The molecule has 1 N–H and O–H groups in total. The van der Waals surface area contributed by atoms with Crippen molar-refractivity contribution >= 4 is 24.2 Å². The minimum atomic E-state index is -0.362. The number of methoxy groups -OCH3 is 1. The van der Waals surface area contributed by atoms with E-state index in [0.29, 0.717) is 5.92 Å². The van der Waals surface area contributed by atoms with Gasteiger partial charge in [-0.3, -0.25) is 0 Å². The molecule has 1 aromatic carbocycles. The number of carbonyl (C=O) groups is 1. The van der Waals surface area contributed by atoms with Gasteiger partial charge < -0.3 is 19.4 Å². The molecule has 1 aromatic rings. The number of hydrogen-bond donors (Lipinski definition) is 1. The Morgan fingerprint density at radius 3 is 2.39 bits per heavy atom. The van der Waals surface area contributed by atoms with E-state index >= 15 is 0 Å². The highest BCUT2D eigenvalue weighted by Crippen LogP contribution is 2.42. The normalized spacial score (nSPS) is 26.9. The van der Waals surface area contributed by atoms with Gasteiger partial charge in [-0.15, -0.1) is 0 Å². The van der Waals surface area contributed by atoms with Crippen molar-refractivity contribution in [3.05, 3.63) is 35.9 Å². The van der Waals surface area contributed by atoms with Gasteiger partial charge in [0.1, 0.15) is 0 Å². The molecule has 0 radical (unpaired) electrons. The number of benzene rings is 1. The largest absolute Gasteiger partial charge is 0.494 e. The van der Waals surface area contributed by atoms with E-state index in [-0.39, 0.29) is 30.5 Å². The molecule has 5 nitrogen and oxygen atoms in total. The molecule has 3 rings (SSSR count). The molecule has 28 heavy (non-hydrogen) atoms. The number of carbonyl (C=O) groups excluding carboxylic acids is 1. The third-order valence-corrected chi connectivity index (χ3v) is 6.52. The number of rotatable bonds is 4. The van der Waals surface area contributed by atoms with Gasteiger partial charge in [-0.25, -0.2) is 4.79 Å². The van der Waals surface area contributed by atoms with E-state index in [1.807, 2.05) is 0 Å². The first kappa shape index (κ1) is 20.9. The molecule has 6 heteroatoms. The van der Waals surface area contributed by atoms with Gasteiger partial charge in [-0.1, -0.05) is 44.2 Å². The molecule has 2 atom stereocenters. The summed E-state index contributed by atoms with van der Waals surface area (Å²) in [6.07, 6.45) is 4.52. The number of alkyl carbamates (subject to hydrolysis) is 1. The zero-order valence-corrected chi connectivity index (χ0v) is 17.9. The van der Waals surface area contributed by atoms with Crippen LogP contribution in [0, 0.1) is 5.92 Å². The van der Waals surface area contributed by atoms with Gasteiger partial charge in [-0.2, -0.15) is 0 Å². The standard InChI is InChI=1S/C22H32BNO4/c1-15(2)22(5)21(3,4)27-23(28-22)18-11-7-16(8-12-18)17-9-13-19(14-10-17)24-20(25)26-6/h7-9,11-12,15,19H,10,13-14H2,1-6H3,(H,24,25). The van der Waals surface area contributed by atoms with Crippen molar-refractivity contribution in [2.24, 2.45) is 5.92 Å². The average Bonchev–Trinajstić information content (AvgIpc) is 2.93. The van der Waals surface area contributed by atoms with Crippen LogP contribution in [0.2, 0.25) is 0 Å². The molecule has 0 spiro atoms. The smallest absolute Gasteiger partial charge is 0.453 e. The fourth-order valence-corrected chi connectivity index (χ4v) is 4.05. The van der Waals surface area contributed by atoms with Crippen LogP contribution in [0.15, 0.2) is 30.3 Å². The summed E-state index contributed by atoms with van der Waals surface area (Å²) in [5.74, 6) is 0.353. The van der Waals surface area contributed by atoms with Gasteiger partial charge in [-0.05, 0) is 62.6 Å². The van der Waals surface area contributed by atoms with E-state index in [1.54, 1.807) is 0 Å². The predicted molar refractivity (Wildman–Crippen MR) is 112 cm³/mol. The fraction of sp³-hybridized carbons (Fsp3) is 0.591. The molecule has 1 aliphatic heterocycles. The lowest BCUT2D eigenvalue weighted by molar-refractivity contribution is -0.0435. The highest BCUT2D eigenvalue weighted by Gasteiger charge is 2.55. The Hall–Kier alpha value is -1.79. The molecule has 1 amide bonds. The third-order valence-electron chi connectivity index (χ3n) is 6.52. The Labute approximate surface area is 169 Å². The van der Waals surface area contributed by atoms with Gasteiger partial charge in [0.15, 0.2) is 0 Å². The Kier molecular flexibility index (Phi) is 5.92. The number of hydrogen-bond acceptors (Lipinski definition) is 4. The van der Waals surface area contributed by atoms with Crippen LogP contribution in [0.1, 0.15) is 59.4 Å². The SMILES string of the molecule is COC(=O)NC1CC=C(c2ccc(B3OC(C)(C)C(C)(C(C)C)O3)cc2)CC1. The second kappa shape index (κ2) is 7.92. The first-order valence-corrected chi connectivity index (χ1v) is 10.2. The maximum atomic E-state index is 11.4. The van der Waals surface area contributed by atoms with Crippen LogP contribution in [-0.4, -0.2) is 37.6 Å². The van der Waals surface area contributed by atoms with Crippen molar-refractivity contribution in [3.63, 3.8) is 0 Å². The molecule has 2 unspecified atom stereocenters. The molecule has 2 aliphatic rings. The summed E-state index contributed by atoms with van der Waals surface area (Å²) >= 11 is 0. The van der Waals surface area contributed by atoms with Gasteiger partial charge in [0.2, 0.25) is 0 Å². The van der Waals surface area contributed by atoms with E-state index in [2.05, 4.69) is 75.0 Å². The molecule has 1 fully saturated rings. The van der Waals surface area contributed by atoms with Crippen LogP contribution in [0.4, 0.5) is 4.79 Å². The maximum Gasteiger partial charge on any atom is 0.494 e. The van der Waals surface area contributed by atoms with Gasteiger partial charge >= 0.3 is 13.2 Å². The lowest BCUT2D eigenvalue weighted by Gasteiger charge is -2.39. The van der Waals surface area contributed by atoms with E-state index in [4.69, 9.17) is 9.31 Å². The molecule has 1 saturated heterocycles. The summed E-state index contributed by atoms with van der Waals surface area (Å²) in [5, 5.41) is 2.87.